The molecule has 0 N–H and O–H groups in total. The smallest absolute Gasteiger partial charge is 0.305 e. The van der Waals surface area contributed by atoms with Crippen LogP contribution in [0.1, 0.15) is 72.9 Å². The third-order valence-corrected chi connectivity index (χ3v) is 5.78. The van der Waals surface area contributed by atoms with Gasteiger partial charge in [0.2, 0.25) is 0 Å². The van der Waals surface area contributed by atoms with Crippen molar-refractivity contribution in [2.24, 2.45) is 5.92 Å². The van der Waals surface area contributed by atoms with Crippen molar-refractivity contribution in [2.75, 3.05) is 0 Å². The molecule has 7 heteroatoms. The van der Waals surface area contributed by atoms with Crippen molar-refractivity contribution in [2.45, 2.75) is 51.4 Å². The van der Waals surface area contributed by atoms with Gasteiger partial charge in [0, 0.05) is 5.56 Å². The van der Waals surface area contributed by atoms with Crippen LogP contribution in [0.5, 0.6) is 5.75 Å². The number of carbonyl (C=O) groups excluding carboxylic acids is 1. The van der Waals surface area contributed by atoms with Gasteiger partial charge in [0.25, 0.3) is 0 Å². The predicted molar refractivity (Wildman–Crippen MR) is 107 cm³/mol. The van der Waals surface area contributed by atoms with E-state index in [1.807, 2.05) is 0 Å². The van der Waals surface area contributed by atoms with E-state index >= 15 is 0 Å². The third-order valence-electron chi connectivity index (χ3n) is 5.78. The summed E-state index contributed by atoms with van der Waals surface area (Å²) in [5.74, 6) is -4.50. The molecule has 1 aliphatic carbocycles. The van der Waals surface area contributed by atoms with Gasteiger partial charge in [-0.25, -0.2) is 13.2 Å². The van der Waals surface area contributed by atoms with Gasteiger partial charge in [-0.2, -0.15) is 8.78 Å². The number of rotatable bonds is 7. The highest BCUT2D eigenvalue weighted by Crippen LogP contribution is 2.38. The molecule has 0 aromatic heterocycles. The molecule has 0 aliphatic heterocycles. The molecule has 166 valence electrons. The molecule has 0 unspecified atom stereocenters. The zero-order chi connectivity index (χ0) is 22.5. The molecule has 2 nitrogen and oxygen atoms in total. The molecular weight excluding hydrogens is 415 g/mol. The maximum absolute atomic E-state index is 14.7. The molecule has 0 spiro atoms. The maximum atomic E-state index is 14.7. The zero-order valence-corrected chi connectivity index (χ0v) is 17.1. The van der Waals surface area contributed by atoms with E-state index in [1.54, 1.807) is 6.07 Å². The topological polar surface area (TPSA) is 26.3 Å². The van der Waals surface area contributed by atoms with Gasteiger partial charge >= 0.3 is 6.08 Å². The largest absolute Gasteiger partial charge is 0.453 e. The Bertz CT molecular complexity index is 951. The van der Waals surface area contributed by atoms with E-state index in [0.717, 1.165) is 37.7 Å². The molecular formula is C24H23F5O2. The molecule has 1 saturated carbocycles. The summed E-state index contributed by atoms with van der Waals surface area (Å²) in [4.78, 5) is 12.6. The lowest BCUT2D eigenvalue weighted by atomic mass is 9.77. The monoisotopic (exact) mass is 438 g/mol. The molecule has 2 aromatic rings. The van der Waals surface area contributed by atoms with Gasteiger partial charge in [0.1, 0.15) is 5.82 Å². The normalized spacial score (nSPS) is 18.5. The van der Waals surface area contributed by atoms with E-state index in [1.165, 1.54) is 18.6 Å². The van der Waals surface area contributed by atoms with Gasteiger partial charge in [0.05, 0.1) is 5.56 Å². The Kier molecular flexibility index (Phi) is 7.46. The van der Waals surface area contributed by atoms with Crippen molar-refractivity contribution in [3.8, 4) is 5.75 Å². The summed E-state index contributed by atoms with van der Waals surface area (Å²) in [5.41, 5.74) is 0.0505. The highest BCUT2D eigenvalue weighted by molar-refractivity contribution is 6.09. The summed E-state index contributed by atoms with van der Waals surface area (Å²) >= 11 is 0. The fraction of sp³-hybridized carbons (Fsp3) is 0.375. The Morgan fingerprint density at radius 2 is 1.65 bits per heavy atom. The molecule has 0 bridgehead atoms. The number of hydrogen-bond donors (Lipinski definition) is 0. The van der Waals surface area contributed by atoms with Crippen LogP contribution in [0.15, 0.2) is 42.7 Å². The standard InChI is InChI=1S/C24H23F5O2/c1-2-3-14-4-6-15(7-5-14)16-8-9-18(19(25)10-16)23(30)17-11-20(26)24(21(27)12-17)31-13-22(28)29/h8-15H,2-7H2,1H3. The number of ketones is 1. The van der Waals surface area contributed by atoms with Gasteiger partial charge in [-0.05, 0) is 67.3 Å². The van der Waals surface area contributed by atoms with Gasteiger partial charge in [-0.1, -0.05) is 25.8 Å². The van der Waals surface area contributed by atoms with Crippen LogP contribution in [0.25, 0.3) is 0 Å². The van der Waals surface area contributed by atoms with Crippen LogP contribution in [-0.4, -0.2) is 5.78 Å². The minimum Gasteiger partial charge on any atom is -0.453 e. The molecule has 2 aromatic carbocycles. The van der Waals surface area contributed by atoms with E-state index in [2.05, 4.69) is 11.7 Å². The maximum Gasteiger partial charge on any atom is 0.305 e. The second-order valence-electron chi connectivity index (χ2n) is 7.87. The van der Waals surface area contributed by atoms with Crippen LogP contribution < -0.4 is 4.74 Å². The van der Waals surface area contributed by atoms with Crippen LogP contribution in [0.4, 0.5) is 22.0 Å². The second kappa shape index (κ2) is 10.1. The van der Waals surface area contributed by atoms with Gasteiger partial charge in [-0.3, -0.25) is 4.79 Å². The summed E-state index contributed by atoms with van der Waals surface area (Å²) in [5, 5.41) is 0. The Morgan fingerprint density at radius 1 is 1.00 bits per heavy atom. The molecule has 3 rings (SSSR count). The molecule has 1 aliphatic rings. The highest BCUT2D eigenvalue weighted by atomic mass is 19.3. The lowest BCUT2D eigenvalue weighted by Gasteiger charge is -2.28. The number of carbonyl (C=O) groups is 1. The van der Waals surface area contributed by atoms with E-state index in [9.17, 15) is 26.7 Å². The van der Waals surface area contributed by atoms with Crippen LogP contribution in [-0.2, 0) is 0 Å². The fourth-order valence-electron chi connectivity index (χ4n) is 4.22. The van der Waals surface area contributed by atoms with Gasteiger partial charge in [-0.15, -0.1) is 0 Å². The summed E-state index contributed by atoms with van der Waals surface area (Å²) in [7, 11) is 0. The molecule has 31 heavy (non-hydrogen) atoms. The van der Waals surface area contributed by atoms with Crippen molar-refractivity contribution >= 4 is 5.78 Å². The fourth-order valence-corrected chi connectivity index (χ4v) is 4.22. The molecule has 0 amide bonds. The van der Waals surface area contributed by atoms with Crippen molar-refractivity contribution < 1.29 is 31.5 Å². The summed E-state index contributed by atoms with van der Waals surface area (Å²) in [6.07, 6.45) is 4.07. The molecule has 0 heterocycles. The summed E-state index contributed by atoms with van der Waals surface area (Å²) < 4.78 is 71.2. The Hall–Kier alpha value is -2.70. The first kappa shape index (κ1) is 23.0. The Morgan fingerprint density at radius 3 is 2.19 bits per heavy atom. The lowest BCUT2D eigenvalue weighted by Crippen LogP contribution is -2.14. The summed E-state index contributed by atoms with van der Waals surface area (Å²) in [6, 6.07) is 5.59. The number of halogens is 5. The average Bonchev–Trinajstić information content (AvgIpc) is 2.73. The lowest BCUT2D eigenvalue weighted by molar-refractivity contribution is 0.103. The molecule has 0 radical (unpaired) electrons. The first-order chi connectivity index (χ1) is 14.8. The predicted octanol–water partition coefficient (Wildman–Crippen LogP) is 7.53. The van der Waals surface area contributed by atoms with E-state index < -0.39 is 40.6 Å². The minimum atomic E-state index is -2.28. The third kappa shape index (κ3) is 5.51. The number of ether oxygens (including phenoxy) is 1. The van der Waals surface area contributed by atoms with Crippen molar-refractivity contribution in [3.05, 3.63) is 76.8 Å². The minimum absolute atomic E-state index is 0.114. The summed E-state index contributed by atoms with van der Waals surface area (Å²) in [6.45, 7) is 2.16. The van der Waals surface area contributed by atoms with Crippen molar-refractivity contribution in [1.29, 1.82) is 0 Å². The first-order valence-corrected chi connectivity index (χ1v) is 10.3. The molecule has 0 saturated heterocycles. The number of benzene rings is 2. The van der Waals surface area contributed by atoms with E-state index in [-0.39, 0.29) is 17.7 Å². The van der Waals surface area contributed by atoms with Gasteiger partial charge < -0.3 is 4.74 Å². The second-order valence-corrected chi connectivity index (χ2v) is 7.87. The quantitative estimate of drug-likeness (QED) is 0.254. The van der Waals surface area contributed by atoms with Crippen molar-refractivity contribution in [1.82, 2.24) is 0 Å². The highest BCUT2D eigenvalue weighted by Gasteiger charge is 2.24. The average molecular weight is 438 g/mol. The van der Waals surface area contributed by atoms with E-state index in [0.29, 0.717) is 18.1 Å². The van der Waals surface area contributed by atoms with E-state index in [4.69, 9.17) is 0 Å². The Labute approximate surface area is 177 Å². The first-order valence-electron chi connectivity index (χ1n) is 10.3. The van der Waals surface area contributed by atoms with Crippen LogP contribution in [0.3, 0.4) is 0 Å². The molecule has 0 atom stereocenters. The van der Waals surface area contributed by atoms with Crippen LogP contribution in [0, 0.1) is 23.4 Å². The van der Waals surface area contributed by atoms with Crippen LogP contribution >= 0.6 is 0 Å². The van der Waals surface area contributed by atoms with Crippen molar-refractivity contribution in [3.63, 3.8) is 0 Å². The number of hydrogen-bond acceptors (Lipinski definition) is 2. The molecule has 1 fully saturated rings. The Balaban J connectivity index is 1.77. The van der Waals surface area contributed by atoms with Gasteiger partial charge in [0.15, 0.2) is 29.4 Å². The zero-order valence-electron chi connectivity index (χ0n) is 17.1. The van der Waals surface area contributed by atoms with Crippen LogP contribution in [0.2, 0.25) is 0 Å². The SMILES string of the molecule is CCCC1CCC(c2ccc(C(=O)c3cc(F)c(OC=C(F)F)c(F)c3)c(F)c2)CC1.